The fourth-order valence-electron chi connectivity index (χ4n) is 2.58. The predicted octanol–water partition coefficient (Wildman–Crippen LogP) is 4.49. The quantitative estimate of drug-likeness (QED) is 0.481. The van der Waals surface area contributed by atoms with Gasteiger partial charge in [0.15, 0.2) is 11.8 Å². The number of carbonyl (C=O) groups excluding carboxylic acids is 2. The van der Waals surface area contributed by atoms with Gasteiger partial charge in [-0.1, -0.05) is 48.1 Å². The first-order valence-corrected chi connectivity index (χ1v) is 9.51. The Bertz CT molecular complexity index is 911. The van der Waals surface area contributed by atoms with Gasteiger partial charge in [-0.2, -0.15) is 0 Å². The smallest absolute Gasteiger partial charge is 0.253 e. The molecule has 0 saturated carbocycles. The SMILES string of the molecule is CCCCN(C)C(=O)[C@H](C(=O)c1cc(Cl)ccc1Cl)n1cc(Cl)ccc1=O. The minimum Gasteiger partial charge on any atom is -0.344 e. The van der Waals surface area contributed by atoms with E-state index >= 15 is 0 Å². The lowest BCUT2D eigenvalue weighted by molar-refractivity contribution is -0.132. The number of amides is 1. The third-order valence-corrected chi connectivity index (χ3v) is 4.87. The highest BCUT2D eigenvalue weighted by Gasteiger charge is 2.33. The Kier molecular flexibility index (Phi) is 7.48. The van der Waals surface area contributed by atoms with Gasteiger partial charge in [-0.05, 0) is 30.7 Å². The van der Waals surface area contributed by atoms with E-state index in [-0.39, 0.29) is 15.6 Å². The molecular weight excluding hydrogens is 411 g/mol. The summed E-state index contributed by atoms with van der Waals surface area (Å²) in [5, 5.41) is 0.675. The van der Waals surface area contributed by atoms with Crippen molar-refractivity contribution >= 4 is 46.5 Å². The summed E-state index contributed by atoms with van der Waals surface area (Å²) in [5.41, 5.74) is -0.452. The number of likely N-dealkylation sites (N-methyl/N-ethyl adjacent to an activating group) is 1. The van der Waals surface area contributed by atoms with Crippen molar-refractivity contribution in [2.24, 2.45) is 0 Å². The molecule has 2 aromatic rings. The van der Waals surface area contributed by atoms with Crippen LogP contribution in [-0.2, 0) is 4.79 Å². The molecule has 0 aliphatic heterocycles. The Morgan fingerprint density at radius 1 is 1.11 bits per heavy atom. The van der Waals surface area contributed by atoms with Gasteiger partial charge in [0, 0.05) is 36.4 Å². The first kappa shape index (κ1) is 21.5. The van der Waals surface area contributed by atoms with Gasteiger partial charge < -0.3 is 4.90 Å². The zero-order valence-corrected chi connectivity index (χ0v) is 17.2. The molecular formula is C19H19Cl3N2O3. The van der Waals surface area contributed by atoms with Crippen LogP contribution in [0.2, 0.25) is 15.1 Å². The van der Waals surface area contributed by atoms with Gasteiger partial charge in [0.2, 0.25) is 0 Å². The molecule has 8 heteroatoms. The lowest BCUT2D eigenvalue weighted by atomic mass is 10.0. The predicted molar refractivity (Wildman–Crippen MR) is 108 cm³/mol. The Morgan fingerprint density at radius 3 is 2.44 bits per heavy atom. The summed E-state index contributed by atoms with van der Waals surface area (Å²) in [4.78, 5) is 40.1. The van der Waals surface area contributed by atoms with Gasteiger partial charge in [-0.15, -0.1) is 0 Å². The lowest BCUT2D eigenvalue weighted by Crippen LogP contribution is -2.42. The standard InChI is InChI=1S/C19H19Cl3N2O3/c1-3-4-9-23(2)19(27)17(24-11-13(21)6-8-16(24)25)18(26)14-10-12(20)5-7-15(14)22/h5-8,10-11,17H,3-4,9H2,1-2H3/t17-/m0/s1. The highest BCUT2D eigenvalue weighted by molar-refractivity contribution is 6.36. The van der Waals surface area contributed by atoms with Crippen LogP contribution < -0.4 is 5.56 Å². The monoisotopic (exact) mass is 428 g/mol. The van der Waals surface area contributed by atoms with E-state index in [1.54, 1.807) is 7.05 Å². The number of ketones is 1. The van der Waals surface area contributed by atoms with Gasteiger partial charge in [-0.25, -0.2) is 0 Å². The zero-order chi connectivity index (χ0) is 20.1. The Labute approximate surface area is 172 Å². The van der Waals surface area contributed by atoms with E-state index in [2.05, 4.69) is 0 Å². The molecule has 0 N–H and O–H groups in total. The third-order valence-electron chi connectivity index (χ3n) is 4.08. The zero-order valence-electron chi connectivity index (χ0n) is 14.9. The van der Waals surface area contributed by atoms with Crippen molar-refractivity contribution in [3.63, 3.8) is 0 Å². The van der Waals surface area contributed by atoms with Crippen LogP contribution in [0.1, 0.15) is 36.2 Å². The van der Waals surface area contributed by atoms with Crippen molar-refractivity contribution in [1.82, 2.24) is 9.47 Å². The molecule has 0 radical (unpaired) electrons. The number of rotatable bonds is 7. The first-order chi connectivity index (χ1) is 12.8. The van der Waals surface area contributed by atoms with Crippen LogP contribution in [0.3, 0.4) is 0 Å². The van der Waals surface area contributed by atoms with Crippen LogP contribution >= 0.6 is 34.8 Å². The van der Waals surface area contributed by atoms with E-state index in [9.17, 15) is 14.4 Å². The molecule has 0 saturated heterocycles. The van der Waals surface area contributed by atoms with Gasteiger partial charge in [0.05, 0.1) is 10.0 Å². The van der Waals surface area contributed by atoms with Crippen molar-refractivity contribution in [2.75, 3.05) is 13.6 Å². The van der Waals surface area contributed by atoms with Crippen molar-refractivity contribution in [3.8, 4) is 0 Å². The van der Waals surface area contributed by atoms with Crippen molar-refractivity contribution < 1.29 is 9.59 Å². The summed E-state index contributed by atoms with van der Waals surface area (Å²) in [6.45, 7) is 2.45. The molecule has 27 heavy (non-hydrogen) atoms. The molecule has 1 heterocycles. The molecule has 2 rings (SSSR count). The van der Waals surface area contributed by atoms with Crippen molar-refractivity contribution in [3.05, 3.63) is 67.5 Å². The van der Waals surface area contributed by atoms with Crippen LogP contribution in [0.15, 0.2) is 41.3 Å². The Hall–Kier alpha value is -1.82. The second kappa shape index (κ2) is 9.40. The molecule has 0 unspecified atom stereocenters. The average Bonchev–Trinajstić information content (AvgIpc) is 2.64. The minimum atomic E-state index is -1.42. The summed E-state index contributed by atoms with van der Waals surface area (Å²) >= 11 is 18.1. The fourth-order valence-corrected chi connectivity index (χ4v) is 3.13. The van der Waals surface area contributed by atoms with Gasteiger partial charge in [0.25, 0.3) is 11.5 Å². The number of halogens is 3. The van der Waals surface area contributed by atoms with E-state index < -0.39 is 23.3 Å². The molecule has 1 aromatic heterocycles. The largest absolute Gasteiger partial charge is 0.344 e. The number of pyridine rings is 1. The molecule has 144 valence electrons. The maximum atomic E-state index is 13.2. The number of carbonyl (C=O) groups is 2. The van der Waals surface area contributed by atoms with E-state index in [1.165, 1.54) is 41.4 Å². The summed E-state index contributed by atoms with van der Waals surface area (Å²) in [7, 11) is 1.59. The summed E-state index contributed by atoms with van der Waals surface area (Å²) in [5.74, 6) is -1.14. The van der Waals surface area contributed by atoms with Crippen LogP contribution in [0.4, 0.5) is 0 Å². The van der Waals surface area contributed by atoms with E-state index in [0.717, 1.165) is 17.4 Å². The minimum absolute atomic E-state index is 0.0679. The van der Waals surface area contributed by atoms with Gasteiger partial charge >= 0.3 is 0 Å². The van der Waals surface area contributed by atoms with E-state index in [1.807, 2.05) is 6.92 Å². The number of benzene rings is 1. The van der Waals surface area contributed by atoms with Crippen LogP contribution in [0, 0.1) is 0 Å². The summed E-state index contributed by atoms with van der Waals surface area (Å²) in [6, 6.07) is 5.58. The van der Waals surface area contributed by atoms with E-state index in [0.29, 0.717) is 11.6 Å². The molecule has 0 fully saturated rings. The second-order valence-corrected chi connectivity index (χ2v) is 7.38. The number of hydrogen-bond acceptors (Lipinski definition) is 3. The van der Waals surface area contributed by atoms with Gasteiger partial charge in [-0.3, -0.25) is 19.0 Å². The number of nitrogens with zero attached hydrogens (tertiary/aromatic N) is 2. The number of Topliss-reactive ketones (excluding diaryl/α,β-unsaturated/α-hetero) is 1. The molecule has 5 nitrogen and oxygen atoms in total. The highest BCUT2D eigenvalue weighted by Crippen LogP contribution is 2.26. The van der Waals surface area contributed by atoms with Crippen LogP contribution in [0.25, 0.3) is 0 Å². The fraction of sp³-hybridized carbons (Fsp3) is 0.316. The van der Waals surface area contributed by atoms with Crippen LogP contribution in [-0.4, -0.2) is 34.7 Å². The molecule has 0 spiro atoms. The third kappa shape index (κ3) is 5.12. The maximum absolute atomic E-state index is 13.2. The van der Waals surface area contributed by atoms with Gasteiger partial charge in [0.1, 0.15) is 0 Å². The summed E-state index contributed by atoms with van der Waals surface area (Å²) < 4.78 is 1.03. The Balaban J connectivity index is 2.57. The molecule has 1 amide bonds. The molecule has 1 aromatic carbocycles. The molecule has 1 atom stereocenters. The molecule has 0 bridgehead atoms. The molecule has 0 aliphatic carbocycles. The Morgan fingerprint density at radius 2 is 1.78 bits per heavy atom. The highest BCUT2D eigenvalue weighted by atomic mass is 35.5. The van der Waals surface area contributed by atoms with Crippen molar-refractivity contribution in [1.29, 1.82) is 0 Å². The topological polar surface area (TPSA) is 59.4 Å². The average molecular weight is 430 g/mol. The second-order valence-electron chi connectivity index (χ2n) is 6.10. The molecule has 0 aliphatic rings. The number of aromatic nitrogens is 1. The first-order valence-electron chi connectivity index (χ1n) is 8.38. The normalized spacial score (nSPS) is 11.9. The number of unbranched alkanes of at least 4 members (excludes halogenated alkanes) is 1. The van der Waals surface area contributed by atoms with Crippen LogP contribution in [0.5, 0.6) is 0 Å². The number of hydrogen-bond donors (Lipinski definition) is 0. The van der Waals surface area contributed by atoms with E-state index in [4.69, 9.17) is 34.8 Å². The lowest BCUT2D eigenvalue weighted by Gasteiger charge is -2.25. The maximum Gasteiger partial charge on any atom is 0.253 e. The van der Waals surface area contributed by atoms with Crippen molar-refractivity contribution in [2.45, 2.75) is 25.8 Å². The summed E-state index contributed by atoms with van der Waals surface area (Å²) in [6.07, 6.45) is 2.93.